The molecule has 4 nitrogen and oxygen atoms in total. The van der Waals surface area contributed by atoms with Crippen LogP contribution in [0.25, 0.3) is 11.3 Å². The molecule has 0 spiro atoms. The molecule has 24 heavy (non-hydrogen) atoms. The average molecular weight is 386 g/mol. The van der Waals surface area contributed by atoms with Gasteiger partial charge in [0.1, 0.15) is 17.3 Å². The Labute approximate surface area is 148 Å². The highest BCUT2D eigenvalue weighted by Gasteiger charge is 2.16. The fraction of sp³-hybridized carbons (Fsp3) is 0.105. The molecule has 0 saturated heterocycles. The van der Waals surface area contributed by atoms with Crippen molar-refractivity contribution in [2.75, 3.05) is 12.4 Å². The summed E-state index contributed by atoms with van der Waals surface area (Å²) in [4.78, 5) is 12.5. The van der Waals surface area contributed by atoms with Gasteiger partial charge in [0, 0.05) is 15.7 Å². The van der Waals surface area contributed by atoms with Gasteiger partial charge < -0.3 is 14.5 Å². The highest BCUT2D eigenvalue weighted by molar-refractivity contribution is 9.10. The van der Waals surface area contributed by atoms with Gasteiger partial charge in [-0.2, -0.15) is 0 Å². The Kier molecular flexibility index (Phi) is 4.71. The molecule has 1 heterocycles. The van der Waals surface area contributed by atoms with E-state index in [4.69, 9.17) is 9.15 Å². The van der Waals surface area contributed by atoms with Crippen LogP contribution in [0.2, 0.25) is 0 Å². The van der Waals surface area contributed by atoms with Crippen molar-refractivity contribution in [3.8, 4) is 17.1 Å². The summed E-state index contributed by atoms with van der Waals surface area (Å²) >= 11 is 3.40. The van der Waals surface area contributed by atoms with E-state index >= 15 is 0 Å². The predicted molar refractivity (Wildman–Crippen MR) is 97.5 cm³/mol. The van der Waals surface area contributed by atoms with E-state index in [-0.39, 0.29) is 5.91 Å². The number of rotatable bonds is 4. The molecule has 3 rings (SSSR count). The molecule has 0 saturated carbocycles. The first-order valence-corrected chi connectivity index (χ1v) is 8.18. The van der Waals surface area contributed by atoms with Crippen molar-refractivity contribution in [2.24, 2.45) is 0 Å². The number of amides is 1. The Morgan fingerprint density at radius 2 is 1.75 bits per heavy atom. The minimum atomic E-state index is -0.204. The average Bonchev–Trinajstić information content (AvgIpc) is 2.98. The van der Waals surface area contributed by atoms with Crippen LogP contribution in [-0.2, 0) is 0 Å². The van der Waals surface area contributed by atoms with Crippen LogP contribution in [0.15, 0.2) is 63.5 Å². The third-order valence-corrected chi connectivity index (χ3v) is 4.17. The van der Waals surface area contributed by atoms with E-state index in [2.05, 4.69) is 21.2 Å². The van der Waals surface area contributed by atoms with E-state index in [1.807, 2.05) is 24.3 Å². The lowest BCUT2D eigenvalue weighted by Crippen LogP contribution is -2.11. The van der Waals surface area contributed by atoms with Crippen LogP contribution in [-0.4, -0.2) is 13.0 Å². The molecular weight excluding hydrogens is 370 g/mol. The number of methoxy groups -OCH3 is 1. The number of anilines is 1. The molecule has 0 radical (unpaired) electrons. The molecule has 5 heteroatoms. The van der Waals surface area contributed by atoms with Gasteiger partial charge >= 0.3 is 0 Å². The third-order valence-electron chi connectivity index (χ3n) is 3.64. The zero-order chi connectivity index (χ0) is 17.1. The lowest BCUT2D eigenvalue weighted by Gasteiger charge is -2.05. The molecule has 3 aromatic rings. The summed E-state index contributed by atoms with van der Waals surface area (Å²) in [6, 6.07) is 16.7. The van der Waals surface area contributed by atoms with Crippen LogP contribution in [0.4, 0.5) is 5.69 Å². The van der Waals surface area contributed by atoms with Gasteiger partial charge in [0.2, 0.25) is 0 Å². The lowest BCUT2D eigenvalue weighted by molar-refractivity contribution is 0.102. The number of hydrogen-bond acceptors (Lipinski definition) is 3. The number of hydrogen-bond donors (Lipinski definition) is 1. The molecule has 2 aromatic carbocycles. The minimum absolute atomic E-state index is 0.204. The first-order chi connectivity index (χ1) is 11.6. The second kappa shape index (κ2) is 6.93. The summed E-state index contributed by atoms with van der Waals surface area (Å²) in [6.07, 6.45) is 0. The van der Waals surface area contributed by atoms with Crippen LogP contribution in [0.3, 0.4) is 0 Å². The number of aryl methyl sites for hydroxylation is 1. The van der Waals surface area contributed by atoms with Gasteiger partial charge in [0.25, 0.3) is 5.91 Å². The van der Waals surface area contributed by atoms with Crippen molar-refractivity contribution in [3.05, 3.63) is 70.4 Å². The van der Waals surface area contributed by atoms with Crippen molar-refractivity contribution in [1.29, 1.82) is 0 Å². The van der Waals surface area contributed by atoms with E-state index in [0.717, 1.165) is 15.8 Å². The Morgan fingerprint density at radius 1 is 1.08 bits per heavy atom. The molecule has 0 aliphatic carbocycles. The second-order valence-corrected chi connectivity index (χ2v) is 6.19. The van der Waals surface area contributed by atoms with Crippen molar-refractivity contribution in [1.82, 2.24) is 0 Å². The van der Waals surface area contributed by atoms with Gasteiger partial charge in [0.05, 0.1) is 12.7 Å². The highest BCUT2D eigenvalue weighted by Crippen LogP contribution is 2.27. The Balaban J connectivity index is 1.81. The summed E-state index contributed by atoms with van der Waals surface area (Å²) in [5, 5.41) is 2.86. The summed E-state index contributed by atoms with van der Waals surface area (Å²) in [7, 11) is 1.60. The van der Waals surface area contributed by atoms with Gasteiger partial charge in [-0.05, 0) is 49.4 Å². The monoisotopic (exact) mass is 385 g/mol. The Hall–Kier alpha value is -2.53. The number of carbonyl (C=O) groups excluding carboxylic acids is 1. The predicted octanol–water partition coefficient (Wildman–Crippen LogP) is 5.28. The Bertz CT molecular complexity index is 851. The Morgan fingerprint density at radius 3 is 2.38 bits per heavy atom. The molecule has 1 amide bonds. The van der Waals surface area contributed by atoms with E-state index in [0.29, 0.717) is 22.8 Å². The van der Waals surface area contributed by atoms with Gasteiger partial charge in [-0.1, -0.05) is 28.1 Å². The topological polar surface area (TPSA) is 51.5 Å². The number of ether oxygens (including phenoxy) is 1. The molecule has 0 aliphatic heterocycles. The quantitative estimate of drug-likeness (QED) is 0.664. The number of benzene rings is 2. The molecule has 0 aliphatic rings. The van der Waals surface area contributed by atoms with Crippen molar-refractivity contribution in [2.45, 2.75) is 6.92 Å². The van der Waals surface area contributed by atoms with E-state index in [1.54, 1.807) is 44.4 Å². The van der Waals surface area contributed by atoms with Crippen molar-refractivity contribution >= 4 is 27.5 Å². The second-order valence-electron chi connectivity index (χ2n) is 5.27. The van der Waals surface area contributed by atoms with Crippen LogP contribution >= 0.6 is 15.9 Å². The van der Waals surface area contributed by atoms with Gasteiger partial charge in [-0.15, -0.1) is 0 Å². The van der Waals surface area contributed by atoms with Crippen LogP contribution in [0.5, 0.6) is 5.75 Å². The van der Waals surface area contributed by atoms with E-state index in [9.17, 15) is 4.79 Å². The molecule has 1 aromatic heterocycles. The number of furan rings is 1. The molecule has 1 N–H and O–H groups in total. The lowest BCUT2D eigenvalue weighted by atomic mass is 10.1. The van der Waals surface area contributed by atoms with Crippen LogP contribution < -0.4 is 10.1 Å². The zero-order valence-corrected chi connectivity index (χ0v) is 14.9. The van der Waals surface area contributed by atoms with Crippen molar-refractivity contribution < 1.29 is 13.9 Å². The van der Waals surface area contributed by atoms with Gasteiger partial charge in [-0.25, -0.2) is 0 Å². The third kappa shape index (κ3) is 3.51. The molecule has 0 unspecified atom stereocenters. The smallest absolute Gasteiger partial charge is 0.259 e. The van der Waals surface area contributed by atoms with Crippen LogP contribution in [0.1, 0.15) is 16.1 Å². The summed E-state index contributed by atoms with van der Waals surface area (Å²) in [6.45, 7) is 1.78. The van der Waals surface area contributed by atoms with Gasteiger partial charge in [-0.3, -0.25) is 4.79 Å². The summed E-state index contributed by atoms with van der Waals surface area (Å²) in [5.41, 5.74) is 2.14. The van der Waals surface area contributed by atoms with E-state index < -0.39 is 0 Å². The summed E-state index contributed by atoms with van der Waals surface area (Å²) < 4.78 is 11.8. The molecule has 122 valence electrons. The van der Waals surface area contributed by atoms with Gasteiger partial charge in [0.15, 0.2) is 0 Å². The molecule has 0 bridgehead atoms. The molecular formula is C19H16BrNO3. The maximum Gasteiger partial charge on any atom is 0.259 e. The number of halogens is 1. The molecule has 0 atom stereocenters. The van der Waals surface area contributed by atoms with Crippen molar-refractivity contribution in [3.63, 3.8) is 0 Å². The zero-order valence-electron chi connectivity index (χ0n) is 13.3. The summed E-state index contributed by atoms with van der Waals surface area (Å²) in [5.74, 6) is 1.79. The maximum absolute atomic E-state index is 12.5. The standard InChI is InChI=1S/C19H16BrNO3/c1-12-17(11-18(24-12)13-3-5-14(20)6-4-13)19(22)21-15-7-9-16(23-2)10-8-15/h3-11H,1-2H3,(H,21,22). The first-order valence-electron chi connectivity index (χ1n) is 7.38. The SMILES string of the molecule is COc1ccc(NC(=O)c2cc(-c3ccc(Br)cc3)oc2C)cc1. The number of nitrogens with one attached hydrogen (secondary N) is 1. The van der Waals surface area contributed by atoms with Crippen LogP contribution in [0, 0.1) is 6.92 Å². The highest BCUT2D eigenvalue weighted by atomic mass is 79.9. The molecule has 0 fully saturated rings. The largest absolute Gasteiger partial charge is 0.497 e. The maximum atomic E-state index is 12.5. The fourth-order valence-corrected chi connectivity index (χ4v) is 2.60. The number of carbonyl (C=O) groups is 1. The fourth-order valence-electron chi connectivity index (χ4n) is 2.34. The minimum Gasteiger partial charge on any atom is -0.497 e. The first kappa shape index (κ1) is 16.3. The normalized spacial score (nSPS) is 10.5. The van der Waals surface area contributed by atoms with E-state index in [1.165, 1.54) is 0 Å².